The highest BCUT2D eigenvalue weighted by Crippen LogP contribution is 2.49. The molecular formula is C16H18S2Si. The van der Waals surface area contributed by atoms with Gasteiger partial charge in [0.2, 0.25) is 0 Å². The summed E-state index contributed by atoms with van der Waals surface area (Å²) in [5.41, 5.74) is 1.39. The summed E-state index contributed by atoms with van der Waals surface area (Å²) in [4.78, 5) is 5.80. The smallest absolute Gasteiger partial charge is 0.0791 e. The fourth-order valence-electron chi connectivity index (χ4n) is 2.35. The summed E-state index contributed by atoms with van der Waals surface area (Å²) < 4.78 is 0. The van der Waals surface area contributed by atoms with Gasteiger partial charge >= 0.3 is 0 Å². The predicted octanol–water partition coefficient (Wildman–Crippen LogP) is 5.16. The molecule has 0 aromatic heterocycles. The molecule has 0 saturated carbocycles. The van der Waals surface area contributed by atoms with Gasteiger partial charge in [-0.2, -0.15) is 0 Å². The van der Waals surface area contributed by atoms with Crippen molar-refractivity contribution < 1.29 is 0 Å². The SMILES string of the molecule is Cc1cccc2c1Sc1c(cccc1[Si](C)(C)C)S2. The second-order valence-corrected chi connectivity index (χ2v) is 13.1. The zero-order chi connectivity index (χ0) is 13.6. The lowest BCUT2D eigenvalue weighted by Crippen LogP contribution is -2.39. The Kier molecular flexibility index (Phi) is 3.32. The average molecular weight is 303 g/mol. The Labute approximate surface area is 125 Å². The van der Waals surface area contributed by atoms with Gasteiger partial charge in [0.15, 0.2) is 0 Å². The maximum atomic E-state index is 2.43. The van der Waals surface area contributed by atoms with Crippen molar-refractivity contribution in [3.63, 3.8) is 0 Å². The molecule has 0 N–H and O–H groups in total. The fourth-order valence-corrected chi connectivity index (χ4v) is 7.36. The number of fused-ring (bicyclic) bond motifs is 2. The van der Waals surface area contributed by atoms with Crippen LogP contribution in [0.3, 0.4) is 0 Å². The molecule has 0 saturated heterocycles. The molecule has 0 atom stereocenters. The quantitative estimate of drug-likeness (QED) is 0.570. The number of hydrogen-bond donors (Lipinski definition) is 0. The molecule has 19 heavy (non-hydrogen) atoms. The first-order chi connectivity index (χ1) is 8.97. The van der Waals surface area contributed by atoms with Gasteiger partial charge in [0, 0.05) is 19.6 Å². The zero-order valence-electron chi connectivity index (χ0n) is 11.8. The largest absolute Gasteiger partial charge is 0.0877 e. The molecule has 1 heterocycles. The molecule has 0 fully saturated rings. The minimum Gasteiger partial charge on any atom is -0.0877 e. The summed E-state index contributed by atoms with van der Waals surface area (Å²) >= 11 is 3.90. The second-order valence-electron chi connectivity index (χ2n) is 5.99. The molecule has 3 heteroatoms. The van der Waals surface area contributed by atoms with Crippen LogP contribution in [0.25, 0.3) is 0 Å². The van der Waals surface area contributed by atoms with Crippen molar-refractivity contribution in [3.05, 3.63) is 42.0 Å². The van der Waals surface area contributed by atoms with E-state index in [1.807, 2.05) is 23.5 Å². The molecule has 0 radical (unpaired) electrons. The number of rotatable bonds is 1. The third-order valence-electron chi connectivity index (χ3n) is 3.39. The predicted molar refractivity (Wildman–Crippen MR) is 88.8 cm³/mol. The van der Waals surface area contributed by atoms with Crippen molar-refractivity contribution in [2.75, 3.05) is 0 Å². The minimum atomic E-state index is -1.29. The van der Waals surface area contributed by atoms with E-state index < -0.39 is 8.07 Å². The van der Waals surface area contributed by atoms with Crippen LogP contribution in [0.2, 0.25) is 19.6 Å². The van der Waals surface area contributed by atoms with Gasteiger partial charge in [-0.05, 0) is 29.8 Å². The van der Waals surface area contributed by atoms with Gasteiger partial charge in [0.05, 0.1) is 8.07 Å². The van der Waals surface area contributed by atoms with Gasteiger partial charge < -0.3 is 0 Å². The molecule has 2 aromatic rings. The van der Waals surface area contributed by atoms with Gasteiger partial charge in [-0.25, -0.2) is 0 Å². The van der Waals surface area contributed by atoms with Gasteiger partial charge in [-0.15, -0.1) is 0 Å². The molecule has 98 valence electrons. The summed E-state index contributed by atoms with van der Waals surface area (Å²) in [6.45, 7) is 9.51. The van der Waals surface area contributed by atoms with Crippen LogP contribution >= 0.6 is 23.5 Å². The van der Waals surface area contributed by atoms with E-state index in [9.17, 15) is 0 Å². The molecule has 1 aliphatic heterocycles. The highest BCUT2D eigenvalue weighted by atomic mass is 32.2. The summed E-state index contributed by atoms with van der Waals surface area (Å²) in [5.74, 6) is 0. The minimum absolute atomic E-state index is 1.29. The topological polar surface area (TPSA) is 0 Å². The van der Waals surface area contributed by atoms with Crippen LogP contribution in [-0.4, -0.2) is 8.07 Å². The van der Waals surface area contributed by atoms with E-state index in [1.54, 1.807) is 5.19 Å². The van der Waals surface area contributed by atoms with Gasteiger partial charge in [0.1, 0.15) is 0 Å². The van der Waals surface area contributed by atoms with E-state index in [0.29, 0.717) is 0 Å². The Morgan fingerprint density at radius 3 is 2.11 bits per heavy atom. The average Bonchev–Trinajstić information content (AvgIpc) is 2.35. The third-order valence-corrected chi connectivity index (χ3v) is 8.37. The van der Waals surface area contributed by atoms with Crippen LogP contribution in [0.15, 0.2) is 56.0 Å². The Morgan fingerprint density at radius 2 is 1.42 bits per heavy atom. The Hall–Kier alpha value is -0.643. The molecule has 0 aliphatic carbocycles. The number of benzene rings is 2. The summed E-state index contributed by atoms with van der Waals surface area (Å²) in [7, 11) is -1.29. The van der Waals surface area contributed by atoms with Crippen LogP contribution < -0.4 is 5.19 Å². The fraction of sp³-hybridized carbons (Fsp3) is 0.250. The Morgan fingerprint density at radius 1 is 0.789 bits per heavy atom. The van der Waals surface area contributed by atoms with Crippen molar-refractivity contribution in [1.82, 2.24) is 0 Å². The normalized spacial score (nSPS) is 13.9. The van der Waals surface area contributed by atoms with Crippen molar-refractivity contribution in [3.8, 4) is 0 Å². The van der Waals surface area contributed by atoms with E-state index >= 15 is 0 Å². The van der Waals surface area contributed by atoms with Crippen molar-refractivity contribution >= 4 is 36.8 Å². The molecule has 0 amide bonds. The van der Waals surface area contributed by atoms with E-state index in [-0.39, 0.29) is 0 Å². The maximum Gasteiger partial charge on any atom is 0.0791 e. The Balaban J connectivity index is 2.16. The van der Waals surface area contributed by atoms with Crippen molar-refractivity contribution in [2.24, 2.45) is 0 Å². The lowest BCUT2D eigenvalue weighted by atomic mass is 10.2. The summed E-state index contributed by atoms with van der Waals surface area (Å²) in [5, 5.41) is 1.59. The molecule has 0 bridgehead atoms. The highest BCUT2D eigenvalue weighted by Gasteiger charge is 2.26. The zero-order valence-corrected chi connectivity index (χ0v) is 14.4. The van der Waals surface area contributed by atoms with Crippen molar-refractivity contribution in [2.45, 2.75) is 46.1 Å². The monoisotopic (exact) mass is 302 g/mol. The van der Waals surface area contributed by atoms with Crippen molar-refractivity contribution in [1.29, 1.82) is 0 Å². The van der Waals surface area contributed by atoms with Gasteiger partial charge in [-0.3, -0.25) is 0 Å². The Bertz CT molecular complexity index is 642. The molecule has 0 unspecified atom stereocenters. The van der Waals surface area contributed by atoms with E-state index in [4.69, 9.17) is 0 Å². The summed E-state index contributed by atoms with van der Waals surface area (Å²) in [6, 6.07) is 13.4. The van der Waals surface area contributed by atoms with Crippen LogP contribution in [0, 0.1) is 6.92 Å². The molecule has 3 rings (SSSR count). The highest BCUT2D eigenvalue weighted by molar-refractivity contribution is 8.05. The standard InChI is InChI=1S/C16H18S2Si/c1-11-7-5-8-12-15(11)18-16-13(17-12)9-6-10-14(16)19(2,3)4/h5-10H,1-4H3. The van der Waals surface area contributed by atoms with Crippen LogP contribution in [0.5, 0.6) is 0 Å². The molecular weight excluding hydrogens is 284 g/mol. The lowest BCUT2D eigenvalue weighted by Gasteiger charge is -2.27. The molecule has 2 aromatic carbocycles. The third kappa shape index (κ3) is 2.39. The first-order valence-corrected chi connectivity index (χ1v) is 11.7. The first-order valence-electron chi connectivity index (χ1n) is 6.55. The molecule has 1 aliphatic rings. The maximum absolute atomic E-state index is 2.43. The van der Waals surface area contributed by atoms with Crippen LogP contribution in [0.4, 0.5) is 0 Å². The number of aryl methyl sites for hydroxylation is 1. The first kappa shape index (κ1) is 13.3. The van der Waals surface area contributed by atoms with Crippen LogP contribution in [-0.2, 0) is 0 Å². The molecule has 0 spiro atoms. The number of hydrogen-bond acceptors (Lipinski definition) is 2. The van der Waals surface area contributed by atoms with E-state index in [0.717, 1.165) is 0 Å². The van der Waals surface area contributed by atoms with Gasteiger partial charge in [0.25, 0.3) is 0 Å². The molecule has 0 nitrogen and oxygen atoms in total. The van der Waals surface area contributed by atoms with Gasteiger partial charge in [-0.1, -0.05) is 67.4 Å². The lowest BCUT2D eigenvalue weighted by molar-refractivity contribution is 1.12. The second kappa shape index (κ2) is 4.72. The van der Waals surface area contributed by atoms with Crippen LogP contribution in [0.1, 0.15) is 5.56 Å². The summed E-state index contributed by atoms with van der Waals surface area (Å²) in [6.07, 6.45) is 0. The van der Waals surface area contributed by atoms with E-state index in [2.05, 4.69) is 63.0 Å². The van der Waals surface area contributed by atoms with E-state index in [1.165, 1.54) is 25.1 Å².